The van der Waals surface area contributed by atoms with Gasteiger partial charge in [-0.15, -0.1) is 6.58 Å². The molecule has 5 nitrogen and oxygen atoms in total. The highest BCUT2D eigenvalue weighted by atomic mass is 16.6. The first-order valence-corrected chi connectivity index (χ1v) is 6.45. The first kappa shape index (κ1) is 13.5. The van der Waals surface area contributed by atoms with E-state index >= 15 is 0 Å². The van der Waals surface area contributed by atoms with Crippen LogP contribution in [-0.2, 0) is 0 Å². The molecule has 0 amide bonds. The fourth-order valence-corrected chi connectivity index (χ4v) is 2.36. The number of rotatable bonds is 4. The summed E-state index contributed by atoms with van der Waals surface area (Å²) < 4.78 is 0. The summed E-state index contributed by atoms with van der Waals surface area (Å²) >= 11 is 0. The summed E-state index contributed by atoms with van der Waals surface area (Å²) in [5, 5.41) is 11.0. The zero-order valence-corrected chi connectivity index (χ0v) is 11.2. The van der Waals surface area contributed by atoms with Crippen LogP contribution < -0.4 is 4.90 Å². The van der Waals surface area contributed by atoms with E-state index in [-0.39, 0.29) is 10.6 Å². The van der Waals surface area contributed by atoms with Crippen molar-refractivity contribution in [2.24, 2.45) is 0 Å². The molecule has 0 N–H and O–H groups in total. The molecule has 19 heavy (non-hydrogen) atoms. The number of nitro benzene ring substituents is 1. The molecule has 5 heteroatoms. The molecule has 1 aromatic rings. The number of hydrogen-bond acceptors (Lipinski definition) is 4. The second-order valence-electron chi connectivity index (χ2n) is 4.80. The fourth-order valence-electron chi connectivity index (χ4n) is 2.36. The summed E-state index contributed by atoms with van der Waals surface area (Å²) in [5.41, 5.74) is 1.85. The molecule has 2 rings (SSSR count). The van der Waals surface area contributed by atoms with Gasteiger partial charge >= 0.3 is 0 Å². The van der Waals surface area contributed by atoms with Crippen LogP contribution in [0.15, 0.2) is 30.9 Å². The molecule has 0 saturated carbocycles. The van der Waals surface area contributed by atoms with E-state index in [1.54, 1.807) is 13.0 Å². The highest BCUT2D eigenvalue weighted by Crippen LogP contribution is 2.25. The lowest BCUT2D eigenvalue weighted by Gasteiger charge is -2.35. The molecule has 1 aliphatic heterocycles. The third kappa shape index (κ3) is 3.12. The van der Waals surface area contributed by atoms with Crippen molar-refractivity contribution in [2.75, 3.05) is 37.6 Å². The Morgan fingerprint density at radius 2 is 2.05 bits per heavy atom. The monoisotopic (exact) mass is 261 g/mol. The van der Waals surface area contributed by atoms with Gasteiger partial charge < -0.3 is 4.90 Å². The number of aryl methyl sites for hydroxylation is 1. The van der Waals surface area contributed by atoms with Gasteiger partial charge in [-0.2, -0.15) is 0 Å². The second-order valence-corrected chi connectivity index (χ2v) is 4.80. The van der Waals surface area contributed by atoms with Crippen molar-refractivity contribution in [3.8, 4) is 0 Å². The number of benzene rings is 1. The average molecular weight is 261 g/mol. The van der Waals surface area contributed by atoms with Gasteiger partial charge in [0.1, 0.15) is 0 Å². The number of hydrogen-bond donors (Lipinski definition) is 0. The Hall–Kier alpha value is -1.88. The summed E-state index contributed by atoms with van der Waals surface area (Å²) in [6.07, 6.45) is 1.91. The molecular weight excluding hydrogens is 242 g/mol. The van der Waals surface area contributed by atoms with Crippen molar-refractivity contribution < 1.29 is 4.92 Å². The Kier molecular flexibility index (Phi) is 4.16. The third-order valence-corrected chi connectivity index (χ3v) is 3.51. The zero-order valence-electron chi connectivity index (χ0n) is 11.2. The van der Waals surface area contributed by atoms with Gasteiger partial charge in [0.15, 0.2) is 0 Å². The van der Waals surface area contributed by atoms with E-state index in [0.717, 1.165) is 38.4 Å². The molecule has 1 saturated heterocycles. The smallest absolute Gasteiger partial charge is 0.274 e. The second kappa shape index (κ2) is 5.84. The lowest BCUT2D eigenvalue weighted by atomic mass is 10.1. The molecule has 0 bridgehead atoms. The molecule has 0 spiro atoms. The molecule has 0 atom stereocenters. The van der Waals surface area contributed by atoms with Crippen LogP contribution in [0.2, 0.25) is 0 Å². The molecule has 1 aliphatic rings. The topological polar surface area (TPSA) is 49.6 Å². The maximum Gasteiger partial charge on any atom is 0.274 e. The quantitative estimate of drug-likeness (QED) is 0.473. The highest BCUT2D eigenvalue weighted by molar-refractivity contribution is 5.56. The highest BCUT2D eigenvalue weighted by Gasteiger charge is 2.19. The van der Waals surface area contributed by atoms with Gasteiger partial charge in [0, 0.05) is 50.0 Å². The molecule has 1 aromatic carbocycles. The van der Waals surface area contributed by atoms with Gasteiger partial charge in [-0.25, -0.2) is 0 Å². The first-order valence-electron chi connectivity index (χ1n) is 6.45. The molecule has 1 fully saturated rings. The van der Waals surface area contributed by atoms with Crippen LogP contribution in [0.25, 0.3) is 0 Å². The first-order chi connectivity index (χ1) is 9.11. The van der Waals surface area contributed by atoms with Crippen molar-refractivity contribution in [2.45, 2.75) is 6.92 Å². The predicted molar refractivity (Wildman–Crippen MR) is 76.7 cm³/mol. The van der Waals surface area contributed by atoms with Crippen LogP contribution in [0.5, 0.6) is 0 Å². The standard InChI is InChI=1S/C14H19N3O2/c1-3-6-15-7-9-16(10-8-15)13-5-4-12(2)14(11-13)17(18)19/h3-5,11H,1,6-10H2,2H3. The van der Waals surface area contributed by atoms with Crippen molar-refractivity contribution >= 4 is 11.4 Å². The minimum absolute atomic E-state index is 0.200. The van der Waals surface area contributed by atoms with E-state index in [1.165, 1.54) is 0 Å². The van der Waals surface area contributed by atoms with E-state index in [4.69, 9.17) is 0 Å². The Labute approximate surface area is 113 Å². The lowest BCUT2D eigenvalue weighted by Crippen LogP contribution is -2.46. The van der Waals surface area contributed by atoms with Gasteiger partial charge in [0.05, 0.1) is 4.92 Å². The molecule has 102 valence electrons. The van der Waals surface area contributed by atoms with E-state index in [9.17, 15) is 10.1 Å². The molecule has 0 unspecified atom stereocenters. The maximum atomic E-state index is 11.0. The van der Waals surface area contributed by atoms with Gasteiger partial charge in [0.2, 0.25) is 0 Å². The van der Waals surface area contributed by atoms with E-state index in [1.807, 2.05) is 18.2 Å². The van der Waals surface area contributed by atoms with E-state index in [0.29, 0.717) is 5.56 Å². The number of nitro groups is 1. The summed E-state index contributed by atoms with van der Waals surface area (Å²) in [5.74, 6) is 0. The largest absolute Gasteiger partial charge is 0.369 e. The van der Waals surface area contributed by atoms with Crippen LogP contribution in [0.4, 0.5) is 11.4 Å². The molecule has 0 aromatic heterocycles. The third-order valence-electron chi connectivity index (χ3n) is 3.51. The van der Waals surface area contributed by atoms with Crippen molar-refractivity contribution in [3.63, 3.8) is 0 Å². The molecule has 0 radical (unpaired) electrons. The minimum Gasteiger partial charge on any atom is -0.369 e. The predicted octanol–water partition coefficient (Wildman–Crippen LogP) is 2.21. The minimum atomic E-state index is -0.313. The average Bonchev–Trinajstić information content (AvgIpc) is 2.40. The van der Waals surface area contributed by atoms with Gasteiger partial charge in [0.25, 0.3) is 5.69 Å². The maximum absolute atomic E-state index is 11.0. The fraction of sp³-hybridized carbons (Fsp3) is 0.429. The normalized spacial score (nSPS) is 16.4. The van der Waals surface area contributed by atoms with Crippen molar-refractivity contribution in [1.82, 2.24) is 4.90 Å². The zero-order chi connectivity index (χ0) is 13.8. The van der Waals surface area contributed by atoms with E-state index in [2.05, 4.69) is 16.4 Å². The number of nitrogens with zero attached hydrogens (tertiary/aromatic N) is 3. The van der Waals surface area contributed by atoms with Crippen LogP contribution in [0.1, 0.15) is 5.56 Å². The SMILES string of the molecule is C=CCN1CCN(c2ccc(C)c([N+](=O)[O-])c2)CC1. The number of piperazine rings is 1. The van der Waals surface area contributed by atoms with Crippen LogP contribution in [0.3, 0.4) is 0 Å². The Balaban J connectivity index is 2.09. The molecule has 1 heterocycles. The van der Waals surface area contributed by atoms with Gasteiger partial charge in [-0.05, 0) is 13.0 Å². The van der Waals surface area contributed by atoms with Gasteiger partial charge in [-0.3, -0.25) is 15.0 Å². The van der Waals surface area contributed by atoms with Crippen molar-refractivity contribution in [1.29, 1.82) is 0 Å². The Morgan fingerprint density at radius 3 is 2.63 bits per heavy atom. The summed E-state index contributed by atoms with van der Waals surface area (Å²) in [6, 6.07) is 5.47. The summed E-state index contributed by atoms with van der Waals surface area (Å²) in [7, 11) is 0. The summed E-state index contributed by atoms with van der Waals surface area (Å²) in [6.45, 7) is 10.1. The van der Waals surface area contributed by atoms with E-state index < -0.39 is 0 Å². The van der Waals surface area contributed by atoms with Crippen molar-refractivity contribution in [3.05, 3.63) is 46.5 Å². The number of anilines is 1. The van der Waals surface area contributed by atoms with Crippen LogP contribution in [-0.4, -0.2) is 42.5 Å². The lowest BCUT2D eigenvalue weighted by molar-refractivity contribution is -0.385. The molecule has 0 aliphatic carbocycles. The molecular formula is C14H19N3O2. The van der Waals surface area contributed by atoms with Crippen LogP contribution >= 0.6 is 0 Å². The van der Waals surface area contributed by atoms with Crippen LogP contribution in [0, 0.1) is 17.0 Å². The summed E-state index contributed by atoms with van der Waals surface area (Å²) in [4.78, 5) is 15.2. The Bertz CT molecular complexity index is 480. The Morgan fingerprint density at radius 1 is 1.37 bits per heavy atom. The van der Waals surface area contributed by atoms with Gasteiger partial charge in [-0.1, -0.05) is 12.1 Å².